The van der Waals surface area contributed by atoms with E-state index in [0.717, 1.165) is 31.9 Å². The topological polar surface area (TPSA) is 95.9 Å². The molecule has 2 heterocycles. The van der Waals surface area contributed by atoms with Crippen molar-refractivity contribution in [2.45, 2.75) is 37.9 Å². The molecule has 7 nitrogen and oxygen atoms in total. The number of guanidine groups is 1. The van der Waals surface area contributed by atoms with Crippen molar-refractivity contribution in [1.82, 2.24) is 10.2 Å². The van der Waals surface area contributed by atoms with Gasteiger partial charge in [-0.15, -0.1) is 24.0 Å². The van der Waals surface area contributed by atoms with E-state index in [1.165, 1.54) is 6.26 Å². The number of sulfone groups is 2. The number of likely N-dealkylation sites (tertiary alicyclic amines) is 1. The summed E-state index contributed by atoms with van der Waals surface area (Å²) in [5.74, 6) is 1.26. The number of piperidine rings is 1. The zero-order chi connectivity index (χ0) is 17.8. The highest BCUT2D eigenvalue weighted by Crippen LogP contribution is 2.20. The zero-order valence-corrected chi connectivity index (χ0v) is 18.9. The number of hydrogen-bond donors (Lipinski definition) is 1. The fourth-order valence-electron chi connectivity index (χ4n) is 3.22. The molecule has 0 aromatic carbocycles. The second-order valence-corrected chi connectivity index (χ2v) is 11.5. The molecule has 2 fully saturated rings. The Balaban J connectivity index is 0.00000312. The van der Waals surface area contributed by atoms with Crippen LogP contribution in [0, 0.1) is 5.92 Å². The first-order valence-corrected chi connectivity index (χ1v) is 12.4. The Morgan fingerprint density at radius 2 is 2.04 bits per heavy atom. The third kappa shape index (κ3) is 7.20. The van der Waals surface area contributed by atoms with Gasteiger partial charge < -0.3 is 10.2 Å². The summed E-state index contributed by atoms with van der Waals surface area (Å²) in [5.41, 5.74) is 0. The summed E-state index contributed by atoms with van der Waals surface area (Å²) in [6.45, 7) is 4.54. The summed E-state index contributed by atoms with van der Waals surface area (Å²) in [5, 5.41) is 2.93. The fraction of sp³-hybridized carbons (Fsp3) is 0.933. The minimum Gasteiger partial charge on any atom is -0.356 e. The van der Waals surface area contributed by atoms with Crippen LogP contribution in [0.1, 0.15) is 32.6 Å². The maximum absolute atomic E-state index is 11.9. The van der Waals surface area contributed by atoms with Crippen molar-refractivity contribution in [1.29, 1.82) is 0 Å². The Hall–Kier alpha value is -0.100. The SMILES string of the molecule is CCCNC(=NCC1CCS(=O)(=O)C1)N1CCCC(S(C)(=O)=O)C1.I. The van der Waals surface area contributed by atoms with Crippen LogP contribution < -0.4 is 5.32 Å². The van der Waals surface area contributed by atoms with Crippen molar-refractivity contribution < 1.29 is 16.8 Å². The Morgan fingerprint density at radius 1 is 1.32 bits per heavy atom. The van der Waals surface area contributed by atoms with E-state index in [1.54, 1.807) is 0 Å². The van der Waals surface area contributed by atoms with Gasteiger partial charge in [-0.2, -0.15) is 0 Å². The van der Waals surface area contributed by atoms with Crippen molar-refractivity contribution in [2.75, 3.05) is 43.9 Å². The van der Waals surface area contributed by atoms with Crippen LogP contribution in [0.3, 0.4) is 0 Å². The molecule has 0 aromatic rings. The number of halogens is 1. The Kier molecular flexibility index (Phi) is 8.92. The molecule has 2 saturated heterocycles. The minimum absolute atomic E-state index is 0. The lowest BCUT2D eigenvalue weighted by Crippen LogP contribution is -2.50. The number of nitrogens with zero attached hydrogens (tertiary/aromatic N) is 2. The van der Waals surface area contributed by atoms with E-state index in [2.05, 4.69) is 17.2 Å². The molecule has 0 aliphatic carbocycles. The van der Waals surface area contributed by atoms with Crippen molar-refractivity contribution in [3.63, 3.8) is 0 Å². The molecule has 2 atom stereocenters. The number of hydrogen-bond acceptors (Lipinski definition) is 5. The molecule has 0 aromatic heterocycles. The Bertz CT molecular complexity index is 664. The molecule has 2 unspecified atom stereocenters. The standard InChI is InChI=1S/C15H29N3O4S2.HI/c1-3-7-16-15(17-10-13-6-9-24(21,22)12-13)18-8-4-5-14(11-18)23(2,19)20;/h13-14H,3-12H2,1-2H3,(H,16,17);1H. The van der Waals surface area contributed by atoms with Crippen molar-refractivity contribution >= 4 is 49.6 Å². The molecule has 2 aliphatic heterocycles. The van der Waals surface area contributed by atoms with Crippen LogP contribution in [-0.2, 0) is 19.7 Å². The predicted octanol–water partition coefficient (Wildman–Crippen LogP) is 0.904. The minimum atomic E-state index is -3.06. The van der Waals surface area contributed by atoms with Gasteiger partial charge in [-0.1, -0.05) is 6.92 Å². The van der Waals surface area contributed by atoms with E-state index in [9.17, 15) is 16.8 Å². The molecule has 148 valence electrons. The summed E-state index contributed by atoms with van der Waals surface area (Å²) in [7, 11) is -5.96. The van der Waals surface area contributed by atoms with Gasteiger partial charge in [0.2, 0.25) is 0 Å². The largest absolute Gasteiger partial charge is 0.356 e. The monoisotopic (exact) mass is 507 g/mol. The van der Waals surface area contributed by atoms with E-state index in [-0.39, 0.29) is 46.7 Å². The van der Waals surface area contributed by atoms with E-state index >= 15 is 0 Å². The molecule has 2 aliphatic rings. The van der Waals surface area contributed by atoms with Crippen molar-refractivity contribution in [3.8, 4) is 0 Å². The van der Waals surface area contributed by atoms with Gasteiger partial charge in [0.1, 0.15) is 0 Å². The van der Waals surface area contributed by atoms with Crippen LogP contribution in [0.4, 0.5) is 0 Å². The van der Waals surface area contributed by atoms with Crippen LogP contribution in [0.5, 0.6) is 0 Å². The van der Waals surface area contributed by atoms with E-state index < -0.39 is 19.7 Å². The first-order valence-electron chi connectivity index (χ1n) is 8.64. The van der Waals surface area contributed by atoms with E-state index in [4.69, 9.17) is 0 Å². The molecule has 2 rings (SSSR count). The van der Waals surface area contributed by atoms with Gasteiger partial charge in [-0.25, -0.2) is 16.8 Å². The van der Waals surface area contributed by atoms with Gasteiger partial charge in [0, 0.05) is 32.4 Å². The highest BCUT2D eigenvalue weighted by molar-refractivity contribution is 14.0. The van der Waals surface area contributed by atoms with Crippen LogP contribution in [0.2, 0.25) is 0 Å². The molecule has 25 heavy (non-hydrogen) atoms. The lowest BCUT2D eigenvalue weighted by Gasteiger charge is -2.34. The summed E-state index contributed by atoms with van der Waals surface area (Å²) in [4.78, 5) is 6.63. The molecule has 1 N–H and O–H groups in total. The highest BCUT2D eigenvalue weighted by Gasteiger charge is 2.30. The smallest absolute Gasteiger partial charge is 0.193 e. The second kappa shape index (κ2) is 9.72. The van der Waals surface area contributed by atoms with Gasteiger partial charge in [-0.05, 0) is 31.6 Å². The molecule has 0 bridgehead atoms. The molecular formula is C15H30IN3O4S2. The number of rotatable bonds is 5. The van der Waals surface area contributed by atoms with Crippen LogP contribution >= 0.6 is 24.0 Å². The van der Waals surface area contributed by atoms with Gasteiger partial charge in [0.05, 0.1) is 16.8 Å². The lowest BCUT2D eigenvalue weighted by molar-refractivity contribution is 0.330. The van der Waals surface area contributed by atoms with E-state index in [1.807, 2.05) is 4.90 Å². The van der Waals surface area contributed by atoms with Crippen LogP contribution in [0.15, 0.2) is 4.99 Å². The quantitative estimate of drug-likeness (QED) is 0.338. The lowest BCUT2D eigenvalue weighted by atomic mass is 10.1. The molecule has 0 spiro atoms. The molecule has 0 amide bonds. The van der Waals surface area contributed by atoms with Gasteiger partial charge in [0.15, 0.2) is 25.6 Å². The first-order chi connectivity index (χ1) is 11.2. The Labute approximate surface area is 168 Å². The summed E-state index contributed by atoms with van der Waals surface area (Å²) in [6.07, 6.45) is 4.42. The third-order valence-corrected chi connectivity index (χ3v) is 8.08. The van der Waals surface area contributed by atoms with E-state index in [0.29, 0.717) is 25.9 Å². The number of aliphatic imine (C=N–C) groups is 1. The zero-order valence-electron chi connectivity index (χ0n) is 15.0. The maximum Gasteiger partial charge on any atom is 0.193 e. The number of nitrogens with one attached hydrogen (secondary N) is 1. The molecule has 0 saturated carbocycles. The van der Waals surface area contributed by atoms with Gasteiger partial charge in [0.25, 0.3) is 0 Å². The second-order valence-electron chi connectivity index (χ2n) is 6.90. The van der Waals surface area contributed by atoms with Crippen molar-refractivity contribution in [2.24, 2.45) is 10.9 Å². The average molecular weight is 507 g/mol. The Morgan fingerprint density at radius 3 is 2.60 bits per heavy atom. The summed E-state index contributed by atoms with van der Waals surface area (Å²) >= 11 is 0. The normalized spacial score (nSPS) is 27.0. The van der Waals surface area contributed by atoms with Crippen LogP contribution in [-0.4, -0.2) is 76.9 Å². The van der Waals surface area contributed by atoms with Gasteiger partial charge in [-0.3, -0.25) is 4.99 Å². The summed E-state index contributed by atoms with van der Waals surface area (Å²) < 4.78 is 46.8. The summed E-state index contributed by atoms with van der Waals surface area (Å²) in [6, 6.07) is 0. The average Bonchev–Trinajstić information content (AvgIpc) is 2.86. The fourth-order valence-corrected chi connectivity index (χ4v) is 6.11. The molecule has 10 heteroatoms. The molecular weight excluding hydrogens is 477 g/mol. The predicted molar refractivity (Wildman–Crippen MR) is 112 cm³/mol. The highest BCUT2D eigenvalue weighted by atomic mass is 127. The van der Waals surface area contributed by atoms with Gasteiger partial charge >= 0.3 is 0 Å². The third-order valence-electron chi connectivity index (χ3n) is 4.64. The maximum atomic E-state index is 11.9. The van der Waals surface area contributed by atoms with Crippen molar-refractivity contribution in [3.05, 3.63) is 0 Å². The first kappa shape index (κ1) is 22.9. The molecule has 0 radical (unpaired) electrons. The van der Waals surface area contributed by atoms with Crippen LogP contribution in [0.25, 0.3) is 0 Å².